The molecule has 0 amide bonds. The lowest BCUT2D eigenvalue weighted by Gasteiger charge is -2.40. The largest absolute Gasteiger partial charge is 0.387 e. The molecule has 1 heterocycles. The molecule has 0 aliphatic heterocycles. The third-order valence-corrected chi connectivity index (χ3v) is 4.66. The van der Waals surface area contributed by atoms with Gasteiger partial charge in [-0.15, -0.1) is 0 Å². The van der Waals surface area contributed by atoms with E-state index in [0.717, 1.165) is 12.1 Å². The van der Waals surface area contributed by atoms with E-state index in [9.17, 15) is 5.11 Å². The van der Waals surface area contributed by atoms with Crippen LogP contribution in [-0.2, 0) is 18.9 Å². The first-order valence-electron chi connectivity index (χ1n) is 6.31. The van der Waals surface area contributed by atoms with Crippen molar-refractivity contribution in [2.24, 2.45) is 18.9 Å². The third-order valence-electron chi connectivity index (χ3n) is 4.66. The second-order valence-electron chi connectivity index (χ2n) is 5.79. The van der Waals surface area contributed by atoms with Crippen LogP contribution in [0.15, 0.2) is 17.8 Å². The Morgan fingerprint density at radius 1 is 1.61 bits per heavy atom. The molecule has 4 heteroatoms. The van der Waals surface area contributed by atoms with E-state index in [1.165, 1.54) is 5.56 Å². The molecule has 2 aliphatic rings. The number of hydrogen-bond acceptors (Lipinski definition) is 3. The molecule has 18 heavy (non-hydrogen) atoms. The lowest BCUT2D eigenvalue weighted by atomic mass is 9.65. The molecule has 0 saturated carbocycles. The van der Waals surface area contributed by atoms with E-state index < -0.39 is 6.10 Å². The molecular formula is C14H17N3O. The summed E-state index contributed by atoms with van der Waals surface area (Å²) in [6, 6.07) is 2.14. The van der Waals surface area contributed by atoms with Crippen LogP contribution in [0.5, 0.6) is 0 Å². The molecule has 3 rings (SSSR count). The average Bonchev–Trinajstić information content (AvgIpc) is 2.81. The monoisotopic (exact) mass is 243 g/mol. The van der Waals surface area contributed by atoms with Gasteiger partial charge >= 0.3 is 0 Å². The molecule has 4 nitrogen and oxygen atoms in total. The Kier molecular flexibility index (Phi) is 2.21. The summed E-state index contributed by atoms with van der Waals surface area (Å²) >= 11 is 0. The van der Waals surface area contributed by atoms with E-state index in [1.807, 2.05) is 24.7 Å². The van der Waals surface area contributed by atoms with Gasteiger partial charge in [-0.3, -0.25) is 4.68 Å². The Hall–Kier alpha value is -1.60. The van der Waals surface area contributed by atoms with Gasteiger partial charge in [0.05, 0.1) is 23.4 Å². The molecule has 4 atom stereocenters. The molecule has 0 fully saturated rings. The number of aromatic nitrogens is 2. The van der Waals surface area contributed by atoms with E-state index >= 15 is 0 Å². The zero-order valence-corrected chi connectivity index (χ0v) is 10.9. The predicted octanol–water partition coefficient (Wildman–Crippen LogP) is 1.31. The number of nitriles is 1. The molecule has 0 radical (unpaired) electrons. The van der Waals surface area contributed by atoms with Crippen LogP contribution in [0.25, 0.3) is 0 Å². The fourth-order valence-electron chi connectivity index (χ4n) is 3.68. The van der Waals surface area contributed by atoms with Crippen LogP contribution in [0, 0.1) is 23.2 Å². The van der Waals surface area contributed by atoms with Gasteiger partial charge < -0.3 is 5.11 Å². The first-order chi connectivity index (χ1) is 8.47. The van der Waals surface area contributed by atoms with E-state index in [4.69, 9.17) is 5.26 Å². The highest BCUT2D eigenvalue weighted by atomic mass is 16.3. The van der Waals surface area contributed by atoms with E-state index in [2.05, 4.69) is 24.3 Å². The molecular weight excluding hydrogens is 226 g/mol. The van der Waals surface area contributed by atoms with Gasteiger partial charge in [0.25, 0.3) is 0 Å². The van der Waals surface area contributed by atoms with Gasteiger partial charge in [0.1, 0.15) is 0 Å². The van der Waals surface area contributed by atoms with E-state index in [-0.39, 0.29) is 11.3 Å². The van der Waals surface area contributed by atoms with Crippen molar-refractivity contribution in [3.05, 3.63) is 29.1 Å². The maximum atomic E-state index is 10.2. The van der Waals surface area contributed by atoms with Crippen molar-refractivity contribution in [2.75, 3.05) is 0 Å². The number of nitrogens with zero attached hydrogens (tertiary/aromatic N) is 3. The van der Waals surface area contributed by atoms with Crippen molar-refractivity contribution in [1.29, 1.82) is 5.26 Å². The summed E-state index contributed by atoms with van der Waals surface area (Å²) in [6.07, 6.45) is 4.29. The molecule has 1 aromatic rings. The Bertz CT molecular complexity index is 580. The standard InChI is InChI=1S/C14H17N3O/c1-8-11-4-9-7-17(3)16-13(9)14(11,2)5-10(6-15)12(8)18/h5,7-8,11-12,18H,4H2,1-3H3/t8-,11-,12?,14-/m0/s1. The minimum Gasteiger partial charge on any atom is -0.387 e. The first-order valence-corrected chi connectivity index (χ1v) is 6.31. The van der Waals surface area contributed by atoms with E-state index in [0.29, 0.717) is 11.5 Å². The van der Waals surface area contributed by atoms with Gasteiger partial charge in [0, 0.05) is 18.7 Å². The summed E-state index contributed by atoms with van der Waals surface area (Å²) in [6.45, 7) is 4.17. The highest BCUT2D eigenvalue weighted by Gasteiger charge is 2.51. The molecule has 94 valence electrons. The van der Waals surface area contributed by atoms with Crippen LogP contribution in [0.3, 0.4) is 0 Å². The van der Waals surface area contributed by atoms with Gasteiger partial charge in [0.15, 0.2) is 0 Å². The van der Waals surface area contributed by atoms with Gasteiger partial charge in [-0.25, -0.2) is 0 Å². The molecule has 0 aromatic carbocycles. The van der Waals surface area contributed by atoms with Crippen molar-refractivity contribution in [1.82, 2.24) is 9.78 Å². The number of fused-ring (bicyclic) bond motifs is 3. The quantitative estimate of drug-likeness (QED) is 0.747. The summed E-state index contributed by atoms with van der Waals surface area (Å²) < 4.78 is 1.84. The van der Waals surface area contributed by atoms with Gasteiger partial charge in [-0.05, 0) is 23.8 Å². The van der Waals surface area contributed by atoms with Crippen LogP contribution in [0.4, 0.5) is 0 Å². The predicted molar refractivity (Wildman–Crippen MR) is 66.6 cm³/mol. The first kappa shape index (κ1) is 11.5. The van der Waals surface area contributed by atoms with Crippen molar-refractivity contribution in [3.8, 4) is 6.07 Å². The fourth-order valence-corrected chi connectivity index (χ4v) is 3.68. The summed E-state index contributed by atoms with van der Waals surface area (Å²) in [4.78, 5) is 0. The summed E-state index contributed by atoms with van der Waals surface area (Å²) in [5.41, 5.74) is 2.60. The van der Waals surface area contributed by atoms with Crippen LogP contribution in [-0.4, -0.2) is 21.0 Å². The van der Waals surface area contributed by atoms with Gasteiger partial charge in [0.2, 0.25) is 0 Å². The fraction of sp³-hybridized carbons (Fsp3) is 0.571. The Morgan fingerprint density at radius 3 is 3.00 bits per heavy atom. The van der Waals surface area contributed by atoms with Gasteiger partial charge in [-0.1, -0.05) is 19.9 Å². The minimum atomic E-state index is -0.633. The summed E-state index contributed by atoms with van der Waals surface area (Å²) in [5.74, 6) is 0.428. The lowest BCUT2D eigenvalue weighted by molar-refractivity contribution is 0.0831. The van der Waals surface area contributed by atoms with Crippen LogP contribution >= 0.6 is 0 Å². The maximum Gasteiger partial charge on any atom is 0.0971 e. The van der Waals surface area contributed by atoms with Crippen molar-refractivity contribution in [3.63, 3.8) is 0 Å². The number of hydrogen-bond donors (Lipinski definition) is 1. The molecule has 1 N–H and O–H groups in total. The van der Waals surface area contributed by atoms with Crippen molar-refractivity contribution >= 4 is 0 Å². The molecule has 0 saturated heterocycles. The van der Waals surface area contributed by atoms with Crippen LogP contribution < -0.4 is 0 Å². The Morgan fingerprint density at radius 2 is 2.33 bits per heavy atom. The highest BCUT2D eigenvalue weighted by Crippen LogP contribution is 2.51. The molecule has 2 aliphatic carbocycles. The molecule has 1 aromatic heterocycles. The number of aliphatic hydroxyl groups excluding tert-OH is 1. The molecule has 0 bridgehead atoms. The lowest BCUT2D eigenvalue weighted by Crippen LogP contribution is -2.42. The highest BCUT2D eigenvalue weighted by molar-refractivity contribution is 5.45. The van der Waals surface area contributed by atoms with Crippen molar-refractivity contribution in [2.45, 2.75) is 31.8 Å². The van der Waals surface area contributed by atoms with Crippen molar-refractivity contribution < 1.29 is 5.11 Å². The van der Waals surface area contributed by atoms with E-state index in [1.54, 1.807) is 0 Å². The SMILES string of the molecule is C[C@@H]1C(O)C(C#N)=C[C@]2(C)c3nn(C)cc3C[C@@H]12. The normalized spacial score (nSPS) is 37.7. The number of rotatable bonds is 0. The Labute approximate surface area is 107 Å². The third kappa shape index (κ3) is 1.25. The van der Waals surface area contributed by atoms with Gasteiger partial charge in [-0.2, -0.15) is 10.4 Å². The summed E-state index contributed by atoms with van der Waals surface area (Å²) in [7, 11) is 1.92. The molecule has 1 unspecified atom stereocenters. The zero-order valence-electron chi connectivity index (χ0n) is 10.9. The maximum absolute atomic E-state index is 10.2. The summed E-state index contributed by atoms with van der Waals surface area (Å²) in [5, 5.41) is 23.9. The number of aryl methyl sites for hydroxylation is 1. The van der Waals surface area contributed by atoms with Crippen LogP contribution in [0.2, 0.25) is 0 Å². The minimum absolute atomic E-state index is 0.0918. The molecule has 0 spiro atoms. The topological polar surface area (TPSA) is 61.8 Å². The Balaban J connectivity index is 2.18. The number of allylic oxidation sites excluding steroid dienone is 1. The zero-order chi connectivity index (χ0) is 13.1. The second-order valence-corrected chi connectivity index (χ2v) is 5.79. The number of aliphatic hydroxyl groups is 1. The smallest absolute Gasteiger partial charge is 0.0971 e. The average molecular weight is 243 g/mol. The van der Waals surface area contributed by atoms with Crippen LogP contribution in [0.1, 0.15) is 25.1 Å². The second kappa shape index (κ2) is 3.46.